The maximum absolute atomic E-state index is 13.8. The van der Waals surface area contributed by atoms with Crippen molar-refractivity contribution >= 4 is 48.8 Å². The van der Waals surface area contributed by atoms with Gasteiger partial charge < -0.3 is 24.8 Å². The van der Waals surface area contributed by atoms with Gasteiger partial charge in [0.25, 0.3) is 0 Å². The number of imide groups is 1. The summed E-state index contributed by atoms with van der Waals surface area (Å²) in [6.45, 7) is 2.02. The number of carbonyl (C=O) groups excluding carboxylic acids is 2. The molecule has 5 rings (SSSR count). The van der Waals surface area contributed by atoms with Crippen LogP contribution in [0.15, 0.2) is 53.5 Å². The van der Waals surface area contributed by atoms with Crippen LogP contribution in [0.5, 0.6) is 5.75 Å². The van der Waals surface area contributed by atoms with Gasteiger partial charge in [-0.15, -0.1) is 0 Å². The third-order valence-electron chi connectivity index (χ3n) is 7.52. The lowest BCUT2D eigenvalue weighted by atomic mass is 9.54. The standard InChI is InChI=1S/C25H26B2ClNO7/c1-2-4-13-9-19-22(25(32)29(24(19)31)15-6-3-5-14(10-15)26(33)34)18-12-21(36-27(35)23(13)18)17-8-7-16(30)11-20(17)28/h3,5-8,10-11,18-19,21-22,30,33-35H,2,4,9,12H2,1H3/t18-,19-,21-,22+/m0/s1. The molecule has 0 saturated carbocycles. The number of fused-ring (bicyclic) bond motifs is 3. The van der Waals surface area contributed by atoms with Gasteiger partial charge in [-0.1, -0.05) is 48.7 Å². The van der Waals surface area contributed by atoms with Gasteiger partial charge in [0.1, 0.15) is 5.75 Å². The van der Waals surface area contributed by atoms with E-state index in [1.54, 1.807) is 18.2 Å². The number of hydrogen-bond acceptors (Lipinski definition) is 7. The summed E-state index contributed by atoms with van der Waals surface area (Å²) in [5.41, 5.74) is 2.66. The smallest absolute Gasteiger partial charge is 0.488 e. The van der Waals surface area contributed by atoms with E-state index >= 15 is 0 Å². The number of aromatic hydroxyl groups is 1. The fourth-order valence-corrected chi connectivity index (χ4v) is 6.30. The van der Waals surface area contributed by atoms with E-state index in [2.05, 4.69) is 0 Å². The molecule has 0 bridgehead atoms. The van der Waals surface area contributed by atoms with E-state index in [0.717, 1.165) is 16.9 Å². The van der Waals surface area contributed by atoms with Gasteiger partial charge in [-0.05, 0) is 65.9 Å². The van der Waals surface area contributed by atoms with Gasteiger partial charge in [-0.2, -0.15) is 0 Å². The second-order valence-electron chi connectivity index (χ2n) is 9.65. The van der Waals surface area contributed by atoms with Crippen LogP contribution in [0, 0.1) is 17.8 Å². The van der Waals surface area contributed by atoms with Crippen LogP contribution in [0.25, 0.3) is 0 Å². The highest BCUT2D eigenvalue weighted by Gasteiger charge is 2.58. The number of nitrogens with zero attached hydrogens (tertiary/aromatic N) is 1. The maximum Gasteiger partial charge on any atom is 0.488 e. The Bertz CT molecular complexity index is 1250. The van der Waals surface area contributed by atoms with Crippen LogP contribution in [0.2, 0.25) is 5.02 Å². The summed E-state index contributed by atoms with van der Waals surface area (Å²) in [7, 11) is -2.98. The minimum atomic E-state index is -1.73. The van der Waals surface area contributed by atoms with E-state index in [1.165, 1.54) is 24.3 Å². The van der Waals surface area contributed by atoms with Crippen molar-refractivity contribution in [2.24, 2.45) is 17.8 Å². The molecular formula is C25H26B2ClNO7. The highest BCUT2D eigenvalue weighted by Crippen LogP contribution is 2.53. The van der Waals surface area contributed by atoms with Crippen molar-refractivity contribution in [2.75, 3.05) is 4.90 Å². The normalized spacial score (nSPS) is 25.8. The Hall–Kier alpha value is -2.62. The lowest BCUT2D eigenvalue weighted by Gasteiger charge is -2.42. The first-order valence-corrected chi connectivity index (χ1v) is 12.5. The largest absolute Gasteiger partial charge is 0.508 e. The first kappa shape index (κ1) is 25.0. The van der Waals surface area contributed by atoms with Crippen LogP contribution < -0.4 is 10.4 Å². The van der Waals surface area contributed by atoms with Crippen LogP contribution in [-0.4, -0.2) is 46.2 Å². The van der Waals surface area contributed by atoms with Gasteiger partial charge in [0.2, 0.25) is 11.8 Å². The summed E-state index contributed by atoms with van der Waals surface area (Å²) in [4.78, 5) is 28.5. The van der Waals surface area contributed by atoms with E-state index in [-0.39, 0.29) is 33.7 Å². The number of halogens is 1. The zero-order valence-corrected chi connectivity index (χ0v) is 20.4. The van der Waals surface area contributed by atoms with Crippen LogP contribution in [0.1, 0.15) is 44.3 Å². The maximum atomic E-state index is 13.8. The molecular weight excluding hydrogens is 483 g/mol. The van der Waals surface area contributed by atoms with Crippen molar-refractivity contribution in [3.8, 4) is 5.75 Å². The highest BCUT2D eigenvalue weighted by atomic mass is 35.5. The zero-order chi connectivity index (χ0) is 25.7. The van der Waals surface area contributed by atoms with Crippen LogP contribution in [0.3, 0.4) is 0 Å². The van der Waals surface area contributed by atoms with Gasteiger partial charge in [0.15, 0.2) is 0 Å². The minimum absolute atomic E-state index is 0.00564. The molecule has 1 aliphatic carbocycles. The van der Waals surface area contributed by atoms with E-state index in [1.807, 2.05) is 6.92 Å². The Morgan fingerprint density at radius 1 is 1.14 bits per heavy atom. The molecule has 4 N–H and O–H groups in total. The Labute approximate surface area is 214 Å². The predicted octanol–water partition coefficient (Wildman–Crippen LogP) is 2.13. The van der Waals surface area contributed by atoms with Crippen molar-refractivity contribution in [2.45, 2.75) is 38.7 Å². The third-order valence-corrected chi connectivity index (χ3v) is 7.85. The molecule has 0 radical (unpaired) electrons. The molecule has 11 heteroatoms. The van der Waals surface area contributed by atoms with Crippen LogP contribution >= 0.6 is 11.6 Å². The number of amides is 2. The zero-order valence-electron chi connectivity index (χ0n) is 19.7. The molecule has 2 amide bonds. The summed E-state index contributed by atoms with van der Waals surface area (Å²) in [6.07, 6.45) is 1.55. The first-order chi connectivity index (χ1) is 17.2. The van der Waals surface area contributed by atoms with Crippen molar-refractivity contribution < 1.29 is 34.4 Å². The van der Waals surface area contributed by atoms with Gasteiger partial charge >= 0.3 is 14.2 Å². The molecule has 3 aliphatic rings. The molecule has 2 saturated heterocycles. The molecule has 4 atom stereocenters. The SMILES string of the molecule is CCCC1=C2B(O)O[C@H](c3ccc(O)cc3Cl)C[C@H]2[C@H]2C(=O)N(c3cccc(B(O)O)c3)C(=O)[C@H]2C1. The van der Waals surface area contributed by atoms with Gasteiger partial charge in [0.05, 0.1) is 23.6 Å². The average molecular weight is 510 g/mol. The van der Waals surface area contributed by atoms with Crippen molar-refractivity contribution in [3.05, 3.63) is 64.1 Å². The first-order valence-electron chi connectivity index (χ1n) is 12.1. The molecule has 36 heavy (non-hydrogen) atoms. The summed E-state index contributed by atoms with van der Waals surface area (Å²) >= 11 is 6.37. The van der Waals surface area contributed by atoms with Crippen LogP contribution in [-0.2, 0) is 14.2 Å². The Morgan fingerprint density at radius 3 is 2.61 bits per heavy atom. The molecule has 0 unspecified atom stereocenters. The fourth-order valence-electron chi connectivity index (χ4n) is 6.01. The topological polar surface area (TPSA) is 128 Å². The van der Waals surface area contributed by atoms with Gasteiger partial charge in [-0.25, -0.2) is 0 Å². The van der Waals surface area contributed by atoms with E-state index < -0.39 is 38.1 Å². The molecule has 2 aromatic rings. The lowest BCUT2D eigenvalue weighted by molar-refractivity contribution is -0.123. The fraction of sp³-hybridized carbons (Fsp3) is 0.360. The number of allylic oxidation sites excluding steroid dienone is 2. The Morgan fingerprint density at radius 2 is 1.92 bits per heavy atom. The molecule has 0 spiro atoms. The monoisotopic (exact) mass is 509 g/mol. The number of phenols is 1. The molecule has 0 aromatic heterocycles. The van der Waals surface area contributed by atoms with Gasteiger partial charge in [0, 0.05) is 5.02 Å². The highest BCUT2D eigenvalue weighted by molar-refractivity contribution is 6.58. The lowest BCUT2D eigenvalue weighted by Crippen LogP contribution is -2.45. The van der Waals surface area contributed by atoms with Crippen molar-refractivity contribution in [1.82, 2.24) is 0 Å². The average Bonchev–Trinajstić information content (AvgIpc) is 3.08. The van der Waals surface area contributed by atoms with Crippen molar-refractivity contribution in [1.29, 1.82) is 0 Å². The summed E-state index contributed by atoms with van der Waals surface area (Å²) in [5.74, 6) is -2.41. The van der Waals surface area contributed by atoms with Crippen molar-refractivity contribution in [3.63, 3.8) is 0 Å². The molecule has 2 aromatic carbocycles. The summed E-state index contributed by atoms with van der Waals surface area (Å²) < 4.78 is 5.97. The number of rotatable bonds is 5. The number of carbonyl (C=O) groups is 2. The summed E-state index contributed by atoms with van der Waals surface area (Å²) in [5, 5.41) is 40.3. The number of anilines is 1. The molecule has 2 aliphatic heterocycles. The number of phenolic OH excluding ortho intramolecular Hbond substituents is 1. The number of benzene rings is 2. The molecule has 2 fully saturated rings. The Balaban J connectivity index is 1.55. The molecule has 2 heterocycles. The van der Waals surface area contributed by atoms with Crippen LogP contribution in [0.4, 0.5) is 5.69 Å². The van der Waals surface area contributed by atoms with E-state index in [0.29, 0.717) is 30.3 Å². The second kappa shape index (κ2) is 9.68. The third kappa shape index (κ3) is 4.17. The van der Waals surface area contributed by atoms with E-state index in [9.17, 15) is 29.8 Å². The summed E-state index contributed by atoms with van der Waals surface area (Å²) in [6, 6.07) is 10.6. The quantitative estimate of drug-likeness (QED) is 0.359. The Kier molecular flexibility index (Phi) is 6.74. The minimum Gasteiger partial charge on any atom is -0.508 e. The second-order valence-corrected chi connectivity index (χ2v) is 10.1. The van der Waals surface area contributed by atoms with Gasteiger partial charge in [-0.3, -0.25) is 14.5 Å². The molecule has 186 valence electrons. The van der Waals surface area contributed by atoms with E-state index in [4.69, 9.17) is 16.3 Å². The predicted molar refractivity (Wildman–Crippen MR) is 135 cm³/mol. The molecule has 8 nitrogen and oxygen atoms in total. The number of hydrogen-bond donors (Lipinski definition) is 4.